The van der Waals surface area contributed by atoms with E-state index in [0.29, 0.717) is 26.9 Å². The largest absolute Gasteiger partial charge is 0.369 e. The number of hydrogen-bond donors (Lipinski definition) is 3. The number of fused-ring (bicyclic) bond motifs is 1. The number of carbonyl (C=O) groups excluding carboxylic acids is 2. The molecule has 1 saturated heterocycles. The highest BCUT2D eigenvalue weighted by atomic mass is 32.1. The fourth-order valence-corrected chi connectivity index (χ4v) is 4.33. The van der Waals surface area contributed by atoms with Crippen LogP contribution in [-0.4, -0.2) is 45.9 Å². The number of H-pyrrole nitrogens is 1. The predicted molar refractivity (Wildman–Crippen MR) is 131 cm³/mol. The van der Waals surface area contributed by atoms with E-state index in [4.69, 9.17) is 18.0 Å². The van der Waals surface area contributed by atoms with Crippen LogP contribution in [0.3, 0.4) is 0 Å². The van der Waals surface area contributed by atoms with Crippen molar-refractivity contribution >= 4 is 40.6 Å². The summed E-state index contributed by atoms with van der Waals surface area (Å²) in [7, 11) is 1.61. The van der Waals surface area contributed by atoms with Gasteiger partial charge < -0.3 is 20.9 Å². The standard InChI is InChI=1S/C24H27N5O3S/c1-28-23(32)19-7-4-17(14-20(19)27-24(28)33)22(31)26-18-5-2-15(3-6-18)8-11-29-12-9-16(10-13-29)21(25)30/h2-7,14,16H,8-13H2,1H3,(H2,25,30)(H,26,31)(H,27,33). The Labute approximate surface area is 196 Å². The smallest absolute Gasteiger partial charge is 0.261 e. The average Bonchev–Trinajstić information content (AvgIpc) is 2.82. The molecule has 1 fully saturated rings. The van der Waals surface area contributed by atoms with Gasteiger partial charge in [0.15, 0.2) is 4.77 Å². The lowest BCUT2D eigenvalue weighted by Crippen LogP contribution is -2.39. The molecule has 4 rings (SSSR count). The number of nitrogens with one attached hydrogen (secondary N) is 2. The van der Waals surface area contributed by atoms with Gasteiger partial charge in [0.25, 0.3) is 11.5 Å². The van der Waals surface area contributed by atoms with Gasteiger partial charge in [-0.15, -0.1) is 0 Å². The van der Waals surface area contributed by atoms with Gasteiger partial charge in [0.1, 0.15) is 0 Å². The Bertz CT molecular complexity index is 1300. The molecule has 4 N–H and O–H groups in total. The van der Waals surface area contributed by atoms with Gasteiger partial charge in [0.05, 0.1) is 10.9 Å². The van der Waals surface area contributed by atoms with Crippen LogP contribution in [-0.2, 0) is 18.3 Å². The third-order valence-corrected chi connectivity index (χ3v) is 6.66. The van der Waals surface area contributed by atoms with Crippen LogP contribution in [0.5, 0.6) is 0 Å². The molecule has 9 heteroatoms. The van der Waals surface area contributed by atoms with E-state index in [2.05, 4.69) is 15.2 Å². The molecule has 2 heterocycles. The quantitative estimate of drug-likeness (QED) is 0.484. The van der Waals surface area contributed by atoms with Crippen LogP contribution in [0.15, 0.2) is 47.3 Å². The zero-order chi connectivity index (χ0) is 23.5. The number of nitrogens with two attached hydrogens (primary N) is 1. The summed E-state index contributed by atoms with van der Waals surface area (Å²) in [6.07, 6.45) is 2.55. The van der Waals surface area contributed by atoms with Crippen molar-refractivity contribution in [3.8, 4) is 0 Å². The van der Waals surface area contributed by atoms with E-state index >= 15 is 0 Å². The molecule has 0 spiro atoms. The summed E-state index contributed by atoms with van der Waals surface area (Å²) in [5, 5.41) is 3.37. The number of rotatable bonds is 6. The second kappa shape index (κ2) is 9.68. The number of likely N-dealkylation sites (tertiary alicyclic amines) is 1. The molecule has 0 radical (unpaired) electrons. The molecule has 2 aromatic carbocycles. The summed E-state index contributed by atoms with van der Waals surface area (Å²) in [5.41, 5.74) is 8.04. The van der Waals surface area contributed by atoms with E-state index in [1.807, 2.05) is 24.3 Å². The van der Waals surface area contributed by atoms with Gasteiger partial charge in [-0.2, -0.15) is 0 Å². The molecular weight excluding hydrogens is 438 g/mol. The van der Waals surface area contributed by atoms with Crippen LogP contribution >= 0.6 is 12.2 Å². The number of primary amides is 1. The molecule has 0 saturated carbocycles. The minimum atomic E-state index is -0.262. The summed E-state index contributed by atoms with van der Waals surface area (Å²) in [6, 6.07) is 12.7. The van der Waals surface area contributed by atoms with Gasteiger partial charge in [0.2, 0.25) is 5.91 Å². The second-order valence-corrected chi connectivity index (χ2v) is 8.86. The van der Waals surface area contributed by atoms with Gasteiger partial charge in [-0.1, -0.05) is 12.1 Å². The molecule has 2 amide bonds. The molecule has 0 atom stereocenters. The van der Waals surface area contributed by atoms with Gasteiger partial charge in [-0.25, -0.2) is 0 Å². The second-order valence-electron chi connectivity index (χ2n) is 8.47. The Morgan fingerprint density at radius 2 is 1.85 bits per heavy atom. The third kappa shape index (κ3) is 5.20. The number of aromatic nitrogens is 2. The summed E-state index contributed by atoms with van der Waals surface area (Å²) < 4.78 is 1.67. The summed E-state index contributed by atoms with van der Waals surface area (Å²) in [5.74, 6) is -0.445. The first-order valence-corrected chi connectivity index (χ1v) is 11.4. The van der Waals surface area contributed by atoms with Crippen LogP contribution in [0.2, 0.25) is 0 Å². The molecule has 33 heavy (non-hydrogen) atoms. The molecule has 1 aliphatic rings. The fraction of sp³-hybridized carbons (Fsp3) is 0.333. The molecule has 3 aromatic rings. The Morgan fingerprint density at radius 3 is 2.52 bits per heavy atom. The molecule has 0 unspecified atom stereocenters. The van der Waals surface area contributed by atoms with Crippen molar-refractivity contribution in [2.75, 3.05) is 25.0 Å². The lowest BCUT2D eigenvalue weighted by Gasteiger charge is -2.30. The van der Waals surface area contributed by atoms with E-state index in [1.165, 1.54) is 10.1 Å². The van der Waals surface area contributed by atoms with Crippen molar-refractivity contribution in [3.05, 3.63) is 68.7 Å². The maximum atomic E-state index is 12.7. The van der Waals surface area contributed by atoms with Crippen molar-refractivity contribution in [2.24, 2.45) is 18.7 Å². The number of piperidine rings is 1. The van der Waals surface area contributed by atoms with Gasteiger partial charge >= 0.3 is 0 Å². The highest BCUT2D eigenvalue weighted by Crippen LogP contribution is 2.18. The number of aromatic amines is 1. The van der Waals surface area contributed by atoms with Crippen LogP contribution in [0.1, 0.15) is 28.8 Å². The van der Waals surface area contributed by atoms with Crippen molar-refractivity contribution in [1.82, 2.24) is 14.5 Å². The average molecular weight is 466 g/mol. The van der Waals surface area contributed by atoms with Crippen LogP contribution in [0, 0.1) is 10.7 Å². The normalized spacial score (nSPS) is 14.9. The summed E-state index contributed by atoms with van der Waals surface area (Å²) in [6.45, 7) is 2.71. The molecule has 1 aromatic heterocycles. The zero-order valence-corrected chi connectivity index (χ0v) is 19.3. The Balaban J connectivity index is 1.35. The predicted octanol–water partition coefficient (Wildman–Crippen LogP) is 2.59. The first kappa shape index (κ1) is 22.9. The third-order valence-electron chi connectivity index (χ3n) is 6.28. The minimum absolute atomic E-state index is 0.00784. The van der Waals surface area contributed by atoms with Gasteiger partial charge in [-0.05, 0) is 80.5 Å². The molecule has 0 bridgehead atoms. The zero-order valence-electron chi connectivity index (χ0n) is 18.5. The number of nitrogens with zero attached hydrogens (tertiary/aromatic N) is 2. The van der Waals surface area contributed by atoms with E-state index in [0.717, 1.165) is 38.9 Å². The number of benzene rings is 2. The van der Waals surface area contributed by atoms with Crippen molar-refractivity contribution in [3.63, 3.8) is 0 Å². The topological polar surface area (TPSA) is 113 Å². The Morgan fingerprint density at radius 1 is 1.15 bits per heavy atom. The maximum absolute atomic E-state index is 12.7. The summed E-state index contributed by atoms with van der Waals surface area (Å²) in [4.78, 5) is 41.6. The fourth-order valence-electron chi connectivity index (χ4n) is 4.13. The lowest BCUT2D eigenvalue weighted by atomic mass is 9.96. The van der Waals surface area contributed by atoms with E-state index < -0.39 is 0 Å². The Kier molecular flexibility index (Phi) is 6.71. The van der Waals surface area contributed by atoms with E-state index in [1.54, 1.807) is 25.2 Å². The van der Waals surface area contributed by atoms with Gasteiger partial charge in [0, 0.05) is 30.8 Å². The minimum Gasteiger partial charge on any atom is -0.369 e. The highest BCUT2D eigenvalue weighted by molar-refractivity contribution is 7.71. The molecule has 172 valence electrons. The molecule has 1 aliphatic heterocycles. The monoisotopic (exact) mass is 465 g/mol. The van der Waals surface area contributed by atoms with Gasteiger partial charge in [-0.3, -0.25) is 19.0 Å². The molecular formula is C24H27N5O3S. The van der Waals surface area contributed by atoms with E-state index in [-0.39, 0.29) is 23.3 Å². The van der Waals surface area contributed by atoms with Crippen molar-refractivity contribution in [2.45, 2.75) is 19.3 Å². The van der Waals surface area contributed by atoms with Crippen LogP contribution in [0.25, 0.3) is 10.9 Å². The first-order valence-electron chi connectivity index (χ1n) is 11.0. The number of carbonyl (C=O) groups is 2. The van der Waals surface area contributed by atoms with Crippen molar-refractivity contribution in [1.29, 1.82) is 0 Å². The van der Waals surface area contributed by atoms with Crippen LogP contribution in [0.4, 0.5) is 5.69 Å². The molecule has 8 nitrogen and oxygen atoms in total. The maximum Gasteiger partial charge on any atom is 0.261 e. The Hall–Kier alpha value is -3.30. The lowest BCUT2D eigenvalue weighted by molar-refractivity contribution is -0.123. The summed E-state index contributed by atoms with van der Waals surface area (Å²) >= 11 is 5.16. The SMILES string of the molecule is Cn1c(=S)[nH]c2cc(C(=O)Nc3ccc(CCN4CCC(C(N)=O)CC4)cc3)ccc2c1=O. The number of hydrogen-bond acceptors (Lipinski definition) is 5. The highest BCUT2D eigenvalue weighted by Gasteiger charge is 2.22. The number of amides is 2. The van der Waals surface area contributed by atoms with Crippen LogP contribution < -0.4 is 16.6 Å². The number of anilines is 1. The molecule has 0 aliphatic carbocycles. The first-order chi connectivity index (χ1) is 15.8. The van der Waals surface area contributed by atoms with E-state index in [9.17, 15) is 14.4 Å². The van der Waals surface area contributed by atoms with Crippen molar-refractivity contribution < 1.29 is 9.59 Å².